The molecule has 206 valence electrons. The van der Waals surface area contributed by atoms with Gasteiger partial charge < -0.3 is 24.6 Å². The van der Waals surface area contributed by atoms with Gasteiger partial charge in [-0.2, -0.15) is 0 Å². The Balaban J connectivity index is 1.30. The van der Waals surface area contributed by atoms with Crippen LogP contribution in [0.15, 0.2) is 55.1 Å². The summed E-state index contributed by atoms with van der Waals surface area (Å²) in [4.78, 5) is 25.9. The van der Waals surface area contributed by atoms with Crippen molar-refractivity contribution in [3.63, 3.8) is 0 Å². The molecular formula is C32H37NO6. The first kappa shape index (κ1) is 26.1. The number of carbonyl (C=O) groups excluding carboxylic acids is 2. The van der Waals surface area contributed by atoms with Gasteiger partial charge in [-0.3, -0.25) is 0 Å². The second-order valence-electron chi connectivity index (χ2n) is 12.3. The van der Waals surface area contributed by atoms with Crippen LogP contribution in [-0.2, 0) is 24.6 Å². The standard InChI is InChI=1S/C32H37NO6/c1-7-37-28(36)33-25(20-14-12-18(2)13-15-20)26(34)27(35)38-24-16-23-29(4,5)30(24,6)31-17-19(3)21-10-8-9-11-22(21)32(23,31)39-31/h8-15,23-26,34H,3,7,16-17H2,1-2,4-6H3,(H,33,36)/t23?,24?,25-,26+,30?,31-,32+/m0/s1. The molecule has 2 N–H and O–H groups in total. The van der Waals surface area contributed by atoms with Crippen LogP contribution < -0.4 is 5.32 Å². The molecule has 1 amide bonds. The highest BCUT2D eigenvalue weighted by Gasteiger charge is 2.95. The van der Waals surface area contributed by atoms with Crippen LogP contribution in [0.5, 0.6) is 0 Å². The SMILES string of the molecule is C=C1C[C@@]23O[C@]2(c2ccccc21)C1CC(OC(=O)[C@H](O)[C@@H](NC(=O)OCC)c2ccc(C)cc2)C3(C)C1(C)C. The molecule has 0 radical (unpaired) electrons. The third kappa shape index (κ3) is 3.17. The lowest BCUT2D eigenvalue weighted by molar-refractivity contribution is -0.172. The minimum absolute atomic E-state index is 0.129. The fourth-order valence-corrected chi connectivity index (χ4v) is 8.32. The molecule has 0 spiro atoms. The monoisotopic (exact) mass is 531 g/mol. The number of hydrogen-bond donors (Lipinski definition) is 2. The topological polar surface area (TPSA) is 97.4 Å². The van der Waals surface area contributed by atoms with Gasteiger partial charge in [0, 0.05) is 17.8 Å². The maximum atomic E-state index is 13.6. The predicted octanol–water partition coefficient (Wildman–Crippen LogP) is 5.20. The molecule has 2 saturated carbocycles. The maximum absolute atomic E-state index is 13.6. The van der Waals surface area contributed by atoms with Gasteiger partial charge in [-0.15, -0.1) is 0 Å². The molecule has 4 aliphatic rings. The van der Waals surface area contributed by atoms with Crippen molar-refractivity contribution in [1.29, 1.82) is 0 Å². The van der Waals surface area contributed by atoms with Gasteiger partial charge >= 0.3 is 12.1 Å². The molecule has 6 rings (SSSR count). The Morgan fingerprint density at radius 1 is 1.15 bits per heavy atom. The quantitative estimate of drug-likeness (QED) is 0.393. The number of benzene rings is 2. The van der Waals surface area contributed by atoms with E-state index in [1.54, 1.807) is 19.1 Å². The zero-order chi connectivity index (χ0) is 28.0. The van der Waals surface area contributed by atoms with Crippen molar-refractivity contribution in [2.75, 3.05) is 6.61 Å². The second-order valence-corrected chi connectivity index (χ2v) is 12.3. The van der Waals surface area contributed by atoms with Gasteiger partial charge in [-0.05, 0) is 47.9 Å². The van der Waals surface area contributed by atoms with Gasteiger partial charge in [0.1, 0.15) is 17.3 Å². The van der Waals surface area contributed by atoms with Crippen molar-refractivity contribution >= 4 is 17.6 Å². The summed E-state index contributed by atoms with van der Waals surface area (Å²) in [6, 6.07) is 14.6. The fraction of sp³-hybridized carbons (Fsp3) is 0.500. The lowest BCUT2D eigenvalue weighted by atomic mass is 9.59. The van der Waals surface area contributed by atoms with E-state index >= 15 is 0 Å². The van der Waals surface area contributed by atoms with Crippen LogP contribution >= 0.6 is 0 Å². The zero-order valence-electron chi connectivity index (χ0n) is 23.2. The third-order valence-corrected chi connectivity index (χ3v) is 10.5. The van der Waals surface area contributed by atoms with Crippen molar-refractivity contribution in [3.05, 3.63) is 77.4 Å². The molecule has 39 heavy (non-hydrogen) atoms. The van der Waals surface area contributed by atoms with E-state index in [4.69, 9.17) is 14.2 Å². The number of esters is 1. The van der Waals surface area contributed by atoms with Gasteiger partial charge in [0.05, 0.1) is 12.6 Å². The summed E-state index contributed by atoms with van der Waals surface area (Å²) < 4.78 is 18.0. The van der Waals surface area contributed by atoms with Crippen molar-refractivity contribution in [2.45, 2.75) is 76.9 Å². The number of nitrogens with one attached hydrogen (secondary N) is 1. The Bertz CT molecular complexity index is 1370. The van der Waals surface area contributed by atoms with Gasteiger partial charge in [-0.25, -0.2) is 9.59 Å². The molecule has 2 bridgehead atoms. The minimum atomic E-state index is -1.62. The van der Waals surface area contributed by atoms with Crippen LogP contribution in [-0.4, -0.2) is 41.6 Å². The average molecular weight is 532 g/mol. The molecule has 2 aromatic carbocycles. The molecule has 3 unspecified atom stereocenters. The van der Waals surface area contributed by atoms with E-state index in [2.05, 4.69) is 50.9 Å². The number of alkyl carbamates (subject to hydrolysis) is 1. The van der Waals surface area contributed by atoms with Gasteiger partial charge in [0.25, 0.3) is 0 Å². The molecule has 3 aliphatic carbocycles. The van der Waals surface area contributed by atoms with Crippen LogP contribution in [0.3, 0.4) is 0 Å². The third-order valence-electron chi connectivity index (χ3n) is 10.5. The van der Waals surface area contributed by atoms with E-state index in [9.17, 15) is 14.7 Å². The number of aliphatic hydroxyl groups excluding tert-OH is 1. The smallest absolute Gasteiger partial charge is 0.407 e. The lowest BCUT2D eigenvalue weighted by Crippen LogP contribution is -2.53. The molecule has 2 aromatic rings. The molecule has 3 fully saturated rings. The Morgan fingerprint density at radius 3 is 2.54 bits per heavy atom. The van der Waals surface area contributed by atoms with E-state index in [-0.39, 0.29) is 17.9 Å². The fourth-order valence-electron chi connectivity index (χ4n) is 8.32. The largest absolute Gasteiger partial charge is 0.460 e. The summed E-state index contributed by atoms with van der Waals surface area (Å²) in [6.07, 6.45) is -1.49. The number of aryl methyl sites for hydroxylation is 1. The van der Waals surface area contributed by atoms with Crippen molar-refractivity contribution < 1.29 is 28.9 Å². The summed E-state index contributed by atoms with van der Waals surface area (Å²) in [6.45, 7) is 14.9. The van der Waals surface area contributed by atoms with Crippen molar-refractivity contribution in [1.82, 2.24) is 5.32 Å². The summed E-state index contributed by atoms with van der Waals surface area (Å²) in [7, 11) is 0. The van der Waals surface area contributed by atoms with E-state index in [0.29, 0.717) is 18.4 Å². The summed E-state index contributed by atoms with van der Waals surface area (Å²) >= 11 is 0. The predicted molar refractivity (Wildman–Crippen MR) is 146 cm³/mol. The Hall–Kier alpha value is -3.16. The Morgan fingerprint density at radius 2 is 1.85 bits per heavy atom. The Labute approximate surface area is 229 Å². The van der Waals surface area contributed by atoms with Gasteiger partial charge in [0.2, 0.25) is 0 Å². The number of epoxide rings is 1. The normalized spacial score (nSPS) is 34.3. The summed E-state index contributed by atoms with van der Waals surface area (Å²) in [5.41, 5.74) is 3.34. The number of ether oxygens (including phenoxy) is 3. The first-order chi connectivity index (χ1) is 18.4. The van der Waals surface area contributed by atoms with Crippen molar-refractivity contribution in [2.24, 2.45) is 16.7 Å². The highest BCUT2D eigenvalue weighted by atomic mass is 16.6. The van der Waals surface area contributed by atoms with Crippen LogP contribution in [0.25, 0.3) is 5.57 Å². The molecule has 0 aromatic heterocycles. The van der Waals surface area contributed by atoms with E-state index in [1.165, 1.54) is 5.56 Å². The Kier molecular flexibility index (Phi) is 5.63. The molecule has 1 saturated heterocycles. The molecule has 7 atom stereocenters. The van der Waals surface area contributed by atoms with E-state index in [1.807, 2.05) is 25.1 Å². The summed E-state index contributed by atoms with van der Waals surface area (Å²) in [5, 5.41) is 13.9. The first-order valence-corrected chi connectivity index (χ1v) is 13.8. The zero-order valence-corrected chi connectivity index (χ0v) is 23.2. The maximum Gasteiger partial charge on any atom is 0.407 e. The number of carbonyl (C=O) groups is 2. The molecular weight excluding hydrogens is 494 g/mol. The van der Waals surface area contributed by atoms with E-state index in [0.717, 1.165) is 16.7 Å². The average Bonchev–Trinajstić information content (AvgIpc) is 3.53. The molecule has 7 nitrogen and oxygen atoms in total. The number of rotatable bonds is 6. The molecule has 1 heterocycles. The van der Waals surface area contributed by atoms with Crippen LogP contribution in [0, 0.1) is 23.7 Å². The van der Waals surface area contributed by atoms with Gasteiger partial charge in [-0.1, -0.05) is 81.4 Å². The number of hydrogen-bond acceptors (Lipinski definition) is 6. The van der Waals surface area contributed by atoms with Crippen LogP contribution in [0.2, 0.25) is 0 Å². The lowest BCUT2D eigenvalue weighted by Gasteiger charge is -2.45. The summed E-state index contributed by atoms with van der Waals surface area (Å²) in [5.74, 6) is -0.644. The van der Waals surface area contributed by atoms with E-state index < -0.39 is 46.9 Å². The molecule has 7 heteroatoms. The van der Waals surface area contributed by atoms with Crippen molar-refractivity contribution in [3.8, 4) is 0 Å². The highest BCUT2D eigenvalue weighted by Crippen LogP contribution is 2.89. The number of amides is 1. The minimum Gasteiger partial charge on any atom is -0.460 e. The second kappa shape index (κ2) is 8.42. The first-order valence-electron chi connectivity index (χ1n) is 13.8. The number of aliphatic hydroxyl groups is 1. The highest BCUT2D eigenvalue weighted by molar-refractivity contribution is 5.79. The van der Waals surface area contributed by atoms with Gasteiger partial charge in [0.15, 0.2) is 6.10 Å². The number of fused-ring (bicyclic) bond motifs is 3. The van der Waals surface area contributed by atoms with Crippen LogP contribution in [0.4, 0.5) is 4.79 Å². The molecule has 1 aliphatic heterocycles. The van der Waals surface area contributed by atoms with Crippen LogP contribution in [0.1, 0.15) is 68.8 Å².